The highest BCUT2D eigenvalue weighted by atomic mass is 19.1. The summed E-state index contributed by atoms with van der Waals surface area (Å²) in [6.07, 6.45) is 0. The van der Waals surface area contributed by atoms with Crippen LogP contribution in [0.4, 0.5) is 8.78 Å². The highest BCUT2D eigenvalue weighted by Crippen LogP contribution is 2.20. The number of rotatable bonds is 2. The molecule has 74 valence electrons. The van der Waals surface area contributed by atoms with Gasteiger partial charge in [-0.1, -0.05) is 6.58 Å². The highest BCUT2D eigenvalue weighted by Gasteiger charge is 2.14. The van der Waals surface area contributed by atoms with Crippen LogP contribution < -0.4 is 0 Å². The fourth-order valence-electron chi connectivity index (χ4n) is 0.993. The molecule has 0 amide bonds. The van der Waals surface area contributed by atoms with Crippen molar-refractivity contribution in [1.82, 2.24) is 0 Å². The molecule has 4 heteroatoms. The van der Waals surface area contributed by atoms with E-state index in [1.165, 1.54) is 6.92 Å². The highest BCUT2D eigenvalue weighted by molar-refractivity contribution is 6.14. The summed E-state index contributed by atoms with van der Waals surface area (Å²) in [5, 5.41) is 8.53. The number of carbonyl (C=O) groups is 1. The van der Waals surface area contributed by atoms with Crippen molar-refractivity contribution < 1.29 is 18.7 Å². The van der Waals surface area contributed by atoms with Crippen LogP contribution in [0.1, 0.15) is 11.1 Å². The average Bonchev–Trinajstić information content (AvgIpc) is 2.10. The normalized spacial score (nSPS) is 9.93. The molecule has 0 heterocycles. The van der Waals surface area contributed by atoms with Gasteiger partial charge in [-0.3, -0.25) is 0 Å². The van der Waals surface area contributed by atoms with E-state index in [0.717, 1.165) is 12.1 Å². The van der Waals surface area contributed by atoms with E-state index in [9.17, 15) is 13.6 Å². The summed E-state index contributed by atoms with van der Waals surface area (Å²) in [5.41, 5.74) is -0.647. The van der Waals surface area contributed by atoms with Crippen molar-refractivity contribution in [2.24, 2.45) is 0 Å². The Morgan fingerprint density at radius 2 is 1.93 bits per heavy atom. The molecule has 0 aliphatic heterocycles. The molecule has 0 fully saturated rings. The number of hydrogen-bond acceptors (Lipinski definition) is 1. The van der Waals surface area contributed by atoms with E-state index in [1.807, 2.05) is 0 Å². The Balaban J connectivity index is 3.29. The minimum absolute atomic E-state index is 0.129. The average molecular weight is 198 g/mol. The molecule has 1 aromatic carbocycles. The second-order valence-electron chi connectivity index (χ2n) is 2.86. The lowest BCUT2D eigenvalue weighted by Gasteiger charge is -2.04. The topological polar surface area (TPSA) is 37.3 Å². The summed E-state index contributed by atoms with van der Waals surface area (Å²) in [7, 11) is 0. The van der Waals surface area contributed by atoms with E-state index in [1.54, 1.807) is 0 Å². The van der Waals surface area contributed by atoms with Crippen LogP contribution in [-0.4, -0.2) is 11.1 Å². The van der Waals surface area contributed by atoms with E-state index in [4.69, 9.17) is 5.11 Å². The van der Waals surface area contributed by atoms with Gasteiger partial charge in [-0.25, -0.2) is 13.6 Å². The van der Waals surface area contributed by atoms with E-state index >= 15 is 0 Å². The zero-order valence-corrected chi connectivity index (χ0v) is 7.47. The van der Waals surface area contributed by atoms with E-state index < -0.39 is 23.2 Å². The van der Waals surface area contributed by atoms with Crippen LogP contribution in [0.15, 0.2) is 18.7 Å². The fourth-order valence-corrected chi connectivity index (χ4v) is 0.993. The zero-order valence-electron chi connectivity index (χ0n) is 7.47. The number of benzene rings is 1. The van der Waals surface area contributed by atoms with Gasteiger partial charge in [-0.15, -0.1) is 0 Å². The number of halogens is 2. The van der Waals surface area contributed by atoms with E-state index in [2.05, 4.69) is 6.58 Å². The zero-order chi connectivity index (χ0) is 10.9. The molecule has 0 spiro atoms. The minimum atomic E-state index is -1.37. The maximum Gasteiger partial charge on any atom is 0.335 e. The van der Waals surface area contributed by atoms with Crippen LogP contribution in [-0.2, 0) is 4.79 Å². The van der Waals surface area contributed by atoms with Gasteiger partial charge >= 0.3 is 5.97 Å². The second kappa shape index (κ2) is 3.57. The first-order chi connectivity index (χ1) is 6.43. The molecule has 0 radical (unpaired) electrons. The van der Waals surface area contributed by atoms with E-state index in [-0.39, 0.29) is 11.1 Å². The predicted molar refractivity (Wildman–Crippen MR) is 47.8 cm³/mol. The maximum absolute atomic E-state index is 13.2. The number of hydrogen-bond donors (Lipinski definition) is 1. The van der Waals surface area contributed by atoms with Gasteiger partial charge in [0.05, 0.1) is 5.57 Å². The number of aryl methyl sites for hydroxylation is 1. The van der Waals surface area contributed by atoms with Crippen molar-refractivity contribution in [1.29, 1.82) is 0 Å². The van der Waals surface area contributed by atoms with Crippen molar-refractivity contribution in [2.45, 2.75) is 6.92 Å². The van der Waals surface area contributed by atoms with Crippen molar-refractivity contribution in [2.75, 3.05) is 0 Å². The third-order valence-electron chi connectivity index (χ3n) is 1.83. The number of carboxylic acid groups (broad SMARTS) is 1. The molecule has 0 saturated heterocycles. The summed E-state index contributed by atoms with van der Waals surface area (Å²) in [5.74, 6) is -2.80. The monoisotopic (exact) mass is 198 g/mol. The molecule has 14 heavy (non-hydrogen) atoms. The second-order valence-corrected chi connectivity index (χ2v) is 2.86. The van der Waals surface area contributed by atoms with Crippen molar-refractivity contribution in [3.63, 3.8) is 0 Å². The standard InChI is InChI=1S/C10H8F2O2/c1-5-3-9(12)7(4-8(5)11)6(2)10(13)14/h3-4H,2H2,1H3,(H,13,14). The summed E-state index contributed by atoms with van der Waals surface area (Å²) in [6.45, 7) is 4.54. The van der Waals surface area contributed by atoms with Gasteiger partial charge in [-0.05, 0) is 24.6 Å². The van der Waals surface area contributed by atoms with Crippen LogP contribution >= 0.6 is 0 Å². The summed E-state index contributed by atoms with van der Waals surface area (Å²) in [4.78, 5) is 10.5. The molecule has 2 nitrogen and oxygen atoms in total. The molecule has 0 saturated carbocycles. The Hall–Kier alpha value is -1.71. The van der Waals surface area contributed by atoms with Crippen LogP contribution in [0.3, 0.4) is 0 Å². The van der Waals surface area contributed by atoms with Gasteiger partial charge < -0.3 is 5.11 Å². The quantitative estimate of drug-likeness (QED) is 0.740. The lowest BCUT2D eigenvalue weighted by molar-refractivity contribution is -0.130. The van der Waals surface area contributed by atoms with Crippen molar-refractivity contribution >= 4 is 11.5 Å². The molecule has 1 aromatic rings. The van der Waals surface area contributed by atoms with Gasteiger partial charge in [0.15, 0.2) is 0 Å². The van der Waals surface area contributed by atoms with Crippen molar-refractivity contribution in [3.8, 4) is 0 Å². The van der Waals surface area contributed by atoms with Crippen LogP contribution in [0, 0.1) is 18.6 Å². The van der Waals surface area contributed by atoms with Gasteiger partial charge in [0.25, 0.3) is 0 Å². The first-order valence-corrected chi connectivity index (χ1v) is 3.81. The third kappa shape index (κ3) is 1.79. The van der Waals surface area contributed by atoms with Crippen LogP contribution in [0.25, 0.3) is 5.57 Å². The predicted octanol–water partition coefficient (Wildman–Crippen LogP) is 2.37. The Morgan fingerprint density at radius 1 is 1.36 bits per heavy atom. The van der Waals surface area contributed by atoms with Crippen molar-refractivity contribution in [3.05, 3.63) is 41.5 Å². The largest absolute Gasteiger partial charge is 0.478 e. The fraction of sp³-hybridized carbons (Fsp3) is 0.100. The maximum atomic E-state index is 13.2. The van der Waals surface area contributed by atoms with E-state index in [0.29, 0.717) is 0 Å². The lowest BCUT2D eigenvalue weighted by Crippen LogP contribution is -2.02. The summed E-state index contributed by atoms with van der Waals surface area (Å²) < 4.78 is 26.1. The number of aliphatic carboxylic acids is 1. The van der Waals surface area contributed by atoms with Gasteiger partial charge in [0.2, 0.25) is 0 Å². The Kier molecular flexibility index (Phi) is 2.65. The first kappa shape index (κ1) is 10.4. The van der Waals surface area contributed by atoms with Crippen LogP contribution in [0.2, 0.25) is 0 Å². The first-order valence-electron chi connectivity index (χ1n) is 3.81. The summed E-state index contributed by atoms with van der Waals surface area (Å²) >= 11 is 0. The molecule has 0 aliphatic carbocycles. The molecule has 0 atom stereocenters. The Morgan fingerprint density at radius 3 is 2.43 bits per heavy atom. The Labute approximate surface area is 79.5 Å². The van der Waals surface area contributed by atoms with Crippen LogP contribution in [0.5, 0.6) is 0 Å². The Bertz CT molecular complexity index is 411. The third-order valence-corrected chi connectivity index (χ3v) is 1.83. The molecule has 1 N–H and O–H groups in total. The van der Waals surface area contributed by atoms with Gasteiger partial charge in [-0.2, -0.15) is 0 Å². The molecular formula is C10H8F2O2. The molecular weight excluding hydrogens is 190 g/mol. The minimum Gasteiger partial charge on any atom is -0.478 e. The number of carboxylic acids is 1. The summed E-state index contributed by atoms with van der Waals surface area (Å²) in [6, 6.07) is 1.78. The van der Waals surface area contributed by atoms with Gasteiger partial charge in [0, 0.05) is 5.56 Å². The molecule has 0 aliphatic rings. The molecule has 0 unspecified atom stereocenters. The SMILES string of the molecule is C=C(C(=O)O)c1cc(F)c(C)cc1F. The van der Waals surface area contributed by atoms with Gasteiger partial charge in [0.1, 0.15) is 11.6 Å². The lowest BCUT2D eigenvalue weighted by atomic mass is 10.0. The molecule has 0 bridgehead atoms. The molecule has 0 aromatic heterocycles. The smallest absolute Gasteiger partial charge is 0.335 e. The molecule has 1 rings (SSSR count).